The average molecular weight is 288 g/mol. The minimum absolute atomic E-state index is 0.112. The second-order valence-corrected chi connectivity index (χ2v) is 4.77. The van der Waals surface area contributed by atoms with Crippen LogP contribution in [0.15, 0.2) is 36.7 Å². The molecule has 1 aromatic heterocycles. The maximum Gasteiger partial charge on any atom is 0.255 e. The van der Waals surface area contributed by atoms with Crippen LogP contribution in [0.4, 0.5) is 5.69 Å². The van der Waals surface area contributed by atoms with Crippen molar-refractivity contribution >= 4 is 11.6 Å². The third-order valence-electron chi connectivity index (χ3n) is 3.10. The van der Waals surface area contributed by atoms with E-state index < -0.39 is 5.91 Å². The van der Waals surface area contributed by atoms with Crippen LogP contribution in [0.2, 0.25) is 0 Å². The number of primary amides is 1. The SMILES string of the molecule is CCn1cc(C(C)Nc2ccc(OCC(N)=O)cc2)cn1. The van der Waals surface area contributed by atoms with Gasteiger partial charge in [-0.15, -0.1) is 0 Å². The molecule has 0 aliphatic carbocycles. The van der Waals surface area contributed by atoms with Gasteiger partial charge in [-0.25, -0.2) is 0 Å². The molecule has 112 valence electrons. The predicted molar refractivity (Wildman–Crippen MR) is 81.1 cm³/mol. The van der Waals surface area contributed by atoms with Gasteiger partial charge in [0.1, 0.15) is 5.75 Å². The van der Waals surface area contributed by atoms with Gasteiger partial charge in [0.25, 0.3) is 5.91 Å². The van der Waals surface area contributed by atoms with Crippen molar-refractivity contribution in [3.05, 3.63) is 42.2 Å². The number of anilines is 1. The zero-order chi connectivity index (χ0) is 15.2. The minimum atomic E-state index is -0.487. The van der Waals surface area contributed by atoms with E-state index in [4.69, 9.17) is 10.5 Å². The molecule has 3 N–H and O–H groups in total. The van der Waals surface area contributed by atoms with E-state index in [0.717, 1.165) is 17.8 Å². The smallest absolute Gasteiger partial charge is 0.255 e. The van der Waals surface area contributed by atoms with E-state index in [1.165, 1.54) is 0 Å². The van der Waals surface area contributed by atoms with Crippen molar-refractivity contribution in [1.82, 2.24) is 9.78 Å². The Morgan fingerprint density at radius 1 is 1.43 bits per heavy atom. The molecule has 0 spiro atoms. The number of hydrogen-bond acceptors (Lipinski definition) is 4. The first kappa shape index (κ1) is 14.9. The number of ether oxygens (including phenoxy) is 1. The molecule has 0 saturated carbocycles. The summed E-state index contributed by atoms with van der Waals surface area (Å²) in [4.78, 5) is 10.6. The van der Waals surface area contributed by atoms with Crippen molar-refractivity contribution in [3.8, 4) is 5.75 Å². The lowest BCUT2D eigenvalue weighted by molar-refractivity contribution is -0.119. The lowest BCUT2D eigenvalue weighted by Crippen LogP contribution is -2.19. The zero-order valence-corrected chi connectivity index (χ0v) is 12.2. The van der Waals surface area contributed by atoms with Crippen molar-refractivity contribution in [1.29, 1.82) is 0 Å². The summed E-state index contributed by atoms with van der Waals surface area (Å²) in [5.41, 5.74) is 7.13. The van der Waals surface area contributed by atoms with Gasteiger partial charge in [-0.05, 0) is 38.1 Å². The monoisotopic (exact) mass is 288 g/mol. The Labute approximate surface area is 123 Å². The standard InChI is InChI=1S/C15H20N4O2/c1-3-19-9-12(8-17-19)11(2)18-13-4-6-14(7-5-13)21-10-15(16)20/h4-9,11,18H,3,10H2,1-2H3,(H2,16,20). The van der Waals surface area contributed by atoms with E-state index in [1.807, 2.05) is 29.2 Å². The Bertz CT molecular complexity index is 592. The maximum atomic E-state index is 10.6. The van der Waals surface area contributed by atoms with Crippen molar-refractivity contribution in [2.24, 2.45) is 5.73 Å². The van der Waals surface area contributed by atoms with Gasteiger partial charge in [-0.2, -0.15) is 5.10 Å². The maximum absolute atomic E-state index is 10.6. The second-order valence-electron chi connectivity index (χ2n) is 4.77. The van der Waals surface area contributed by atoms with Gasteiger partial charge in [0.2, 0.25) is 0 Å². The van der Waals surface area contributed by atoms with Gasteiger partial charge >= 0.3 is 0 Å². The van der Waals surface area contributed by atoms with Gasteiger partial charge < -0.3 is 15.8 Å². The molecule has 0 aliphatic heterocycles. The number of rotatable bonds is 7. The molecule has 6 nitrogen and oxygen atoms in total. The van der Waals surface area contributed by atoms with Crippen LogP contribution in [0.25, 0.3) is 0 Å². The molecule has 0 bridgehead atoms. The Hall–Kier alpha value is -2.50. The first-order valence-electron chi connectivity index (χ1n) is 6.88. The highest BCUT2D eigenvalue weighted by Gasteiger charge is 2.08. The quantitative estimate of drug-likeness (QED) is 0.815. The van der Waals surface area contributed by atoms with E-state index in [0.29, 0.717) is 5.75 Å². The lowest BCUT2D eigenvalue weighted by Gasteiger charge is -2.14. The fourth-order valence-electron chi connectivity index (χ4n) is 1.91. The second kappa shape index (κ2) is 6.78. The number of carbonyl (C=O) groups is 1. The summed E-state index contributed by atoms with van der Waals surface area (Å²) in [6.45, 7) is 4.88. The van der Waals surface area contributed by atoms with Crippen molar-refractivity contribution in [2.75, 3.05) is 11.9 Å². The van der Waals surface area contributed by atoms with Crippen LogP contribution in [0.3, 0.4) is 0 Å². The molecule has 0 radical (unpaired) electrons. The van der Waals surface area contributed by atoms with Gasteiger partial charge in [0.15, 0.2) is 6.61 Å². The van der Waals surface area contributed by atoms with Crippen molar-refractivity contribution < 1.29 is 9.53 Å². The number of nitrogens with zero attached hydrogens (tertiary/aromatic N) is 2. The van der Waals surface area contributed by atoms with E-state index >= 15 is 0 Å². The molecular weight excluding hydrogens is 268 g/mol. The van der Waals surface area contributed by atoms with E-state index in [-0.39, 0.29) is 12.6 Å². The van der Waals surface area contributed by atoms with Crippen LogP contribution in [0.1, 0.15) is 25.5 Å². The highest BCUT2D eigenvalue weighted by molar-refractivity contribution is 5.75. The lowest BCUT2D eigenvalue weighted by atomic mass is 10.2. The fraction of sp³-hybridized carbons (Fsp3) is 0.333. The third kappa shape index (κ3) is 4.24. The number of carbonyl (C=O) groups excluding carboxylic acids is 1. The average Bonchev–Trinajstić information content (AvgIpc) is 2.95. The molecule has 1 aromatic carbocycles. The highest BCUT2D eigenvalue weighted by Crippen LogP contribution is 2.21. The molecule has 2 aromatic rings. The summed E-state index contributed by atoms with van der Waals surface area (Å²) in [6.07, 6.45) is 3.90. The van der Waals surface area contributed by atoms with Crippen molar-refractivity contribution in [2.45, 2.75) is 26.4 Å². The summed E-state index contributed by atoms with van der Waals surface area (Å²) >= 11 is 0. The summed E-state index contributed by atoms with van der Waals surface area (Å²) in [6, 6.07) is 7.55. The Balaban J connectivity index is 1.94. The minimum Gasteiger partial charge on any atom is -0.484 e. The van der Waals surface area contributed by atoms with Crippen LogP contribution in [0, 0.1) is 0 Å². The molecule has 1 heterocycles. The number of nitrogens with two attached hydrogens (primary N) is 1. The molecule has 0 aliphatic rings. The topological polar surface area (TPSA) is 82.2 Å². The fourth-order valence-corrected chi connectivity index (χ4v) is 1.91. The number of amides is 1. The number of hydrogen-bond donors (Lipinski definition) is 2. The molecule has 2 rings (SSSR count). The van der Waals surface area contributed by atoms with Crippen LogP contribution >= 0.6 is 0 Å². The molecular formula is C15H20N4O2. The van der Waals surface area contributed by atoms with Gasteiger partial charge in [-0.3, -0.25) is 9.48 Å². The number of nitrogens with one attached hydrogen (secondary N) is 1. The van der Waals surface area contributed by atoms with Crippen LogP contribution in [0.5, 0.6) is 5.75 Å². The predicted octanol–water partition coefficient (Wildman–Crippen LogP) is 1.94. The zero-order valence-electron chi connectivity index (χ0n) is 12.2. The molecule has 1 atom stereocenters. The van der Waals surface area contributed by atoms with Crippen LogP contribution < -0.4 is 15.8 Å². The summed E-state index contributed by atoms with van der Waals surface area (Å²) in [5.74, 6) is 0.129. The summed E-state index contributed by atoms with van der Waals surface area (Å²) in [7, 11) is 0. The number of benzene rings is 1. The number of aryl methyl sites for hydroxylation is 1. The normalized spacial score (nSPS) is 11.9. The molecule has 6 heteroatoms. The third-order valence-corrected chi connectivity index (χ3v) is 3.10. The molecule has 0 fully saturated rings. The summed E-state index contributed by atoms with van der Waals surface area (Å²) < 4.78 is 7.11. The van der Waals surface area contributed by atoms with Gasteiger partial charge in [0, 0.05) is 24.0 Å². The van der Waals surface area contributed by atoms with Crippen LogP contribution in [-0.4, -0.2) is 22.3 Å². The first-order chi connectivity index (χ1) is 10.1. The molecule has 1 amide bonds. The van der Waals surface area contributed by atoms with E-state index in [9.17, 15) is 4.79 Å². The van der Waals surface area contributed by atoms with Gasteiger partial charge in [0.05, 0.1) is 12.2 Å². The van der Waals surface area contributed by atoms with Gasteiger partial charge in [-0.1, -0.05) is 0 Å². The molecule has 0 saturated heterocycles. The molecule has 21 heavy (non-hydrogen) atoms. The first-order valence-corrected chi connectivity index (χ1v) is 6.88. The molecule has 1 unspecified atom stereocenters. The highest BCUT2D eigenvalue weighted by atomic mass is 16.5. The Morgan fingerprint density at radius 2 is 2.14 bits per heavy atom. The largest absolute Gasteiger partial charge is 0.484 e. The number of aromatic nitrogens is 2. The Kier molecular flexibility index (Phi) is 4.81. The summed E-state index contributed by atoms with van der Waals surface area (Å²) in [5, 5.41) is 7.65. The van der Waals surface area contributed by atoms with E-state index in [2.05, 4.69) is 24.3 Å². The van der Waals surface area contributed by atoms with Crippen molar-refractivity contribution in [3.63, 3.8) is 0 Å². The van der Waals surface area contributed by atoms with Crippen LogP contribution in [-0.2, 0) is 11.3 Å². The Morgan fingerprint density at radius 3 is 2.71 bits per heavy atom. The van der Waals surface area contributed by atoms with E-state index in [1.54, 1.807) is 12.1 Å².